The summed E-state index contributed by atoms with van der Waals surface area (Å²) in [7, 11) is 1.60. The lowest BCUT2D eigenvalue weighted by atomic mass is 9.90. The summed E-state index contributed by atoms with van der Waals surface area (Å²) in [6.07, 6.45) is 0. The molecule has 1 aliphatic rings. The normalized spacial score (nSPS) is 21.4. The fourth-order valence-corrected chi connectivity index (χ4v) is 1.99. The molecule has 6 nitrogen and oxygen atoms in total. The van der Waals surface area contributed by atoms with Gasteiger partial charge in [-0.15, -0.1) is 0 Å². The molecule has 1 fully saturated rings. The monoisotopic (exact) mass is 272 g/mol. The summed E-state index contributed by atoms with van der Waals surface area (Å²) < 4.78 is 10.2. The third-order valence-electron chi connectivity index (χ3n) is 3.33. The number of nitrogens with one attached hydrogen (secondary N) is 1. The molecule has 0 aromatic rings. The third-order valence-corrected chi connectivity index (χ3v) is 3.33. The van der Waals surface area contributed by atoms with Gasteiger partial charge in [-0.05, 0) is 27.7 Å². The summed E-state index contributed by atoms with van der Waals surface area (Å²) in [6, 6.07) is 0. The fourth-order valence-electron chi connectivity index (χ4n) is 1.99. The van der Waals surface area contributed by atoms with Crippen LogP contribution in [0.15, 0.2) is 0 Å². The Morgan fingerprint density at radius 1 is 1.11 bits per heavy atom. The number of ether oxygens (including phenoxy) is 2. The van der Waals surface area contributed by atoms with Gasteiger partial charge in [0.2, 0.25) is 11.8 Å². The molecule has 110 valence electrons. The Hall–Kier alpha value is -1.14. The molecule has 0 aromatic carbocycles. The minimum atomic E-state index is -0.862. The summed E-state index contributed by atoms with van der Waals surface area (Å²) in [6.45, 7) is 8.68. The second kappa shape index (κ2) is 5.88. The minimum Gasteiger partial charge on any atom is -0.382 e. The maximum Gasteiger partial charge on any atom is 0.248 e. The molecule has 0 spiro atoms. The first-order valence-corrected chi connectivity index (χ1v) is 6.45. The van der Waals surface area contributed by atoms with E-state index in [9.17, 15) is 9.59 Å². The molecule has 1 N–H and O–H groups in total. The molecule has 0 bridgehead atoms. The Balaban J connectivity index is 2.66. The Kier molecular flexibility index (Phi) is 4.92. The van der Waals surface area contributed by atoms with Crippen LogP contribution in [0, 0.1) is 0 Å². The lowest BCUT2D eigenvalue weighted by Crippen LogP contribution is -2.72. The molecule has 0 aliphatic carbocycles. The first kappa shape index (κ1) is 15.9. The van der Waals surface area contributed by atoms with Crippen LogP contribution in [-0.4, -0.2) is 61.3 Å². The largest absolute Gasteiger partial charge is 0.382 e. The average Bonchev–Trinajstić information content (AvgIpc) is 2.30. The number of rotatable bonds is 6. The SMILES string of the molecule is COCCOCCN1C(=O)C(C)(C)NC(=O)C1(C)C. The van der Waals surface area contributed by atoms with Gasteiger partial charge in [0, 0.05) is 13.7 Å². The predicted octanol–water partition coefficient (Wildman–Crippen LogP) is 0.165. The highest BCUT2D eigenvalue weighted by atomic mass is 16.5. The van der Waals surface area contributed by atoms with E-state index < -0.39 is 11.1 Å². The van der Waals surface area contributed by atoms with E-state index in [2.05, 4.69) is 5.32 Å². The molecule has 1 aliphatic heterocycles. The Morgan fingerprint density at radius 2 is 1.74 bits per heavy atom. The van der Waals surface area contributed by atoms with Crippen molar-refractivity contribution < 1.29 is 19.1 Å². The van der Waals surface area contributed by atoms with E-state index in [0.29, 0.717) is 26.4 Å². The zero-order valence-electron chi connectivity index (χ0n) is 12.4. The van der Waals surface area contributed by atoms with Crippen molar-refractivity contribution in [3.8, 4) is 0 Å². The fraction of sp³-hybridized carbons (Fsp3) is 0.846. The number of nitrogens with zero attached hydrogens (tertiary/aromatic N) is 1. The standard InChI is InChI=1S/C13H24N2O4/c1-12(2)11(17)15(6-7-19-9-8-18-5)13(3,4)10(16)14-12/h6-9H2,1-5H3,(H,14,16). The number of carbonyl (C=O) groups is 2. The van der Waals surface area contributed by atoms with Gasteiger partial charge < -0.3 is 19.7 Å². The smallest absolute Gasteiger partial charge is 0.248 e. The van der Waals surface area contributed by atoms with Crippen LogP contribution < -0.4 is 5.32 Å². The van der Waals surface area contributed by atoms with Gasteiger partial charge in [0.1, 0.15) is 11.1 Å². The van der Waals surface area contributed by atoms with Crippen molar-refractivity contribution in [1.29, 1.82) is 0 Å². The Bertz CT molecular complexity index is 353. The molecule has 1 saturated heterocycles. The second-order valence-electron chi connectivity index (χ2n) is 5.70. The van der Waals surface area contributed by atoms with Gasteiger partial charge in [0.15, 0.2) is 0 Å². The van der Waals surface area contributed by atoms with E-state index in [0.717, 1.165) is 0 Å². The van der Waals surface area contributed by atoms with Crippen LogP contribution in [0.1, 0.15) is 27.7 Å². The quantitative estimate of drug-likeness (QED) is 0.700. The van der Waals surface area contributed by atoms with Crippen LogP contribution in [0.3, 0.4) is 0 Å². The first-order chi connectivity index (χ1) is 8.73. The molecule has 0 radical (unpaired) electrons. The zero-order chi connectivity index (χ0) is 14.7. The number of carbonyl (C=O) groups excluding carboxylic acids is 2. The Labute approximate surface area is 114 Å². The maximum absolute atomic E-state index is 12.4. The Morgan fingerprint density at radius 3 is 2.32 bits per heavy atom. The van der Waals surface area contributed by atoms with Crippen LogP contribution in [0.4, 0.5) is 0 Å². The second-order valence-corrected chi connectivity index (χ2v) is 5.70. The van der Waals surface area contributed by atoms with Crippen LogP contribution >= 0.6 is 0 Å². The predicted molar refractivity (Wildman–Crippen MR) is 70.7 cm³/mol. The van der Waals surface area contributed by atoms with Gasteiger partial charge in [0.25, 0.3) is 0 Å². The van der Waals surface area contributed by atoms with Crippen LogP contribution in [-0.2, 0) is 19.1 Å². The zero-order valence-corrected chi connectivity index (χ0v) is 12.4. The van der Waals surface area contributed by atoms with Crippen LogP contribution in [0.2, 0.25) is 0 Å². The van der Waals surface area contributed by atoms with Crippen LogP contribution in [0.5, 0.6) is 0 Å². The van der Waals surface area contributed by atoms with E-state index in [-0.39, 0.29) is 11.8 Å². The summed E-state index contributed by atoms with van der Waals surface area (Å²) in [5.41, 5.74) is -1.71. The van der Waals surface area contributed by atoms with E-state index in [1.54, 1.807) is 39.7 Å². The van der Waals surface area contributed by atoms with E-state index in [1.807, 2.05) is 0 Å². The maximum atomic E-state index is 12.4. The highest BCUT2D eigenvalue weighted by molar-refractivity contribution is 6.01. The third kappa shape index (κ3) is 3.45. The minimum absolute atomic E-state index is 0.0903. The summed E-state index contributed by atoms with van der Waals surface area (Å²) >= 11 is 0. The number of methoxy groups -OCH3 is 1. The van der Waals surface area contributed by atoms with Crippen molar-refractivity contribution in [3.63, 3.8) is 0 Å². The van der Waals surface area contributed by atoms with Crippen molar-refractivity contribution in [1.82, 2.24) is 10.2 Å². The molecule has 1 rings (SSSR count). The molecule has 0 atom stereocenters. The van der Waals surface area contributed by atoms with Crippen molar-refractivity contribution >= 4 is 11.8 Å². The highest BCUT2D eigenvalue weighted by Gasteiger charge is 2.49. The van der Waals surface area contributed by atoms with Crippen molar-refractivity contribution in [2.75, 3.05) is 33.5 Å². The summed E-state index contributed by atoms with van der Waals surface area (Å²) in [5, 5.41) is 2.75. The molecular formula is C13H24N2O4. The van der Waals surface area contributed by atoms with Gasteiger partial charge in [-0.3, -0.25) is 9.59 Å². The molecule has 19 heavy (non-hydrogen) atoms. The molecule has 0 aromatic heterocycles. The van der Waals surface area contributed by atoms with Gasteiger partial charge in [-0.25, -0.2) is 0 Å². The van der Waals surface area contributed by atoms with Gasteiger partial charge in [-0.2, -0.15) is 0 Å². The number of hydrogen-bond donors (Lipinski definition) is 1. The number of hydrogen-bond acceptors (Lipinski definition) is 4. The van der Waals surface area contributed by atoms with E-state index >= 15 is 0 Å². The van der Waals surface area contributed by atoms with Crippen molar-refractivity contribution in [2.45, 2.75) is 38.8 Å². The van der Waals surface area contributed by atoms with Crippen molar-refractivity contribution in [2.24, 2.45) is 0 Å². The first-order valence-electron chi connectivity index (χ1n) is 6.45. The molecule has 2 amide bonds. The van der Waals surface area contributed by atoms with Gasteiger partial charge in [0.05, 0.1) is 19.8 Å². The van der Waals surface area contributed by atoms with E-state index in [1.165, 1.54) is 0 Å². The van der Waals surface area contributed by atoms with Crippen molar-refractivity contribution in [3.05, 3.63) is 0 Å². The highest BCUT2D eigenvalue weighted by Crippen LogP contribution is 2.25. The average molecular weight is 272 g/mol. The number of amides is 2. The topological polar surface area (TPSA) is 67.9 Å². The van der Waals surface area contributed by atoms with Gasteiger partial charge in [-0.1, -0.05) is 0 Å². The number of piperazine rings is 1. The molecular weight excluding hydrogens is 248 g/mol. The van der Waals surface area contributed by atoms with Crippen LogP contribution in [0.25, 0.3) is 0 Å². The molecule has 6 heteroatoms. The lowest BCUT2D eigenvalue weighted by molar-refractivity contribution is -0.160. The van der Waals surface area contributed by atoms with Gasteiger partial charge >= 0.3 is 0 Å². The lowest BCUT2D eigenvalue weighted by Gasteiger charge is -2.47. The van der Waals surface area contributed by atoms with E-state index in [4.69, 9.17) is 9.47 Å². The molecule has 1 heterocycles. The summed E-state index contributed by atoms with van der Waals surface area (Å²) in [4.78, 5) is 26.0. The molecule has 0 unspecified atom stereocenters. The summed E-state index contributed by atoms with van der Waals surface area (Å²) in [5.74, 6) is -0.235. The molecule has 0 saturated carbocycles.